The number of carbonyl (C=O) groups is 2. The largest absolute Gasteiger partial charge is 0.336 e. The molecule has 2 amide bonds. The molecule has 1 fully saturated rings. The Morgan fingerprint density at radius 1 is 0.968 bits per heavy atom. The van der Waals surface area contributed by atoms with E-state index in [9.17, 15) is 18.0 Å². The summed E-state index contributed by atoms with van der Waals surface area (Å²) in [5.41, 5.74) is 2.24. The van der Waals surface area contributed by atoms with Crippen molar-refractivity contribution in [2.45, 2.75) is 6.42 Å². The summed E-state index contributed by atoms with van der Waals surface area (Å²) >= 11 is 5.92. The number of hydrogen-bond donors (Lipinski definition) is 1. The number of amides is 2. The van der Waals surface area contributed by atoms with Gasteiger partial charge in [-0.05, 0) is 48.4 Å². The summed E-state index contributed by atoms with van der Waals surface area (Å²) in [6.07, 6.45) is 1.95. The number of sulfone groups is 1. The van der Waals surface area contributed by atoms with Crippen LogP contribution < -0.4 is 5.32 Å². The summed E-state index contributed by atoms with van der Waals surface area (Å²) in [6, 6.07) is 14.4. The van der Waals surface area contributed by atoms with Crippen LogP contribution >= 0.6 is 11.6 Å². The number of piperazine rings is 1. The Bertz CT molecular complexity index is 1020. The van der Waals surface area contributed by atoms with E-state index in [1.165, 1.54) is 5.56 Å². The van der Waals surface area contributed by atoms with Crippen molar-refractivity contribution in [2.75, 3.05) is 50.0 Å². The lowest BCUT2D eigenvalue weighted by Gasteiger charge is -2.34. The lowest BCUT2D eigenvalue weighted by atomic mass is 10.1. The molecule has 3 rings (SSSR count). The fourth-order valence-corrected chi connectivity index (χ4v) is 4.10. The fourth-order valence-electron chi connectivity index (χ4n) is 3.43. The standard InChI is InChI=1S/C22H26ClN3O4S/c1-31(29,30)16-21(27)24-20-8-4-18(5-9-20)22(28)26-14-12-25(13-15-26)11-10-17-2-6-19(23)7-3-17/h2-9H,10-16H2,1H3,(H,24,27). The lowest BCUT2D eigenvalue weighted by Crippen LogP contribution is -2.49. The monoisotopic (exact) mass is 463 g/mol. The number of hydrogen-bond acceptors (Lipinski definition) is 5. The second kappa shape index (κ2) is 10.3. The Morgan fingerprint density at radius 2 is 1.58 bits per heavy atom. The van der Waals surface area contributed by atoms with Crippen molar-refractivity contribution >= 4 is 38.9 Å². The first-order chi connectivity index (χ1) is 14.7. The molecule has 1 aliphatic rings. The molecule has 0 bridgehead atoms. The van der Waals surface area contributed by atoms with Gasteiger partial charge in [-0.3, -0.25) is 14.5 Å². The van der Waals surface area contributed by atoms with E-state index >= 15 is 0 Å². The molecule has 0 atom stereocenters. The molecule has 1 heterocycles. The first-order valence-corrected chi connectivity index (χ1v) is 12.5. The third-order valence-electron chi connectivity index (χ3n) is 5.10. The van der Waals surface area contributed by atoms with Crippen LogP contribution in [0.1, 0.15) is 15.9 Å². The van der Waals surface area contributed by atoms with Gasteiger partial charge >= 0.3 is 0 Å². The quantitative estimate of drug-likeness (QED) is 0.681. The minimum absolute atomic E-state index is 0.0497. The van der Waals surface area contributed by atoms with Gasteiger partial charge in [0.25, 0.3) is 5.91 Å². The average molecular weight is 464 g/mol. The van der Waals surface area contributed by atoms with Gasteiger partial charge in [0.2, 0.25) is 5.91 Å². The van der Waals surface area contributed by atoms with Crippen molar-refractivity contribution < 1.29 is 18.0 Å². The lowest BCUT2D eigenvalue weighted by molar-refractivity contribution is -0.113. The Balaban J connectivity index is 1.46. The summed E-state index contributed by atoms with van der Waals surface area (Å²) < 4.78 is 22.4. The van der Waals surface area contributed by atoms with E-state index in [0.29, 0.717) is 24.3 Å². The van der Waals surface area contributed by atoms with Crippen molar-refractivity contribution in [1.82, 2.24) is 9.80 Å². The van der Waals surface area contributed by atoms with Crippen molar-refractivity contribution in [3.63, 3.8) is 0 Å². The Hall–Kier alpha value is -2.42. The van der Waals surface area contributed by atoms with E-state index in [-0.39, 0.29) is 5.91 Å². The van der Waals surface area contributed by atoms with Gasteiger partial charge in [-0.15, -0.1) is 0 Å². The first kappa shape index (κ1) is 23.2. The highest BCUT2D eigenvalue weighted by Gasteiger charge is 2.22. The average Bonchev–Trinajstić information content (AvgIpc) is 2.72. The van der Waals surface area contributed by atoms with Gasteiger partial charge in [0, 0.05) is 55.3 Å². The predicted octanol–water partition coefficient (Wildman–Crippen LogP) is 2.32. The number of rotatable bonds is 7. The molecular formula is C22H26ClN3O4S. The van der Waals surface area contributed by atoms with Gasteiger partial charge in [-0.2, -0.15) is 0 Å². The van der Waals surface area contributed by atoms with Crippen LogP contribution in [-0.2, 0) is 21.1 Å². The Kier molecular flexibility index (Phi) is 7.69. The SMILES string of the molecule is CS(=O)(=O)CC(=O)Nc1ccc(C(=O)N2CCN(CCc3ccc(Cl)cc3)CC2)cc1. The number of halogens is 1. The molecule has 2 aromatic rings. The van der Waals surface area contributed by atoms with Crippen LogP contribution in [0.2, 0.25) is 5.02 Å². The highest BCUT2D eigenvalue weighted by atomic mass is 35.5. The van der Waals surface area contributed by atoms with Crippen LogP contribution in [0, 0.1) is 0 Å². The molecule has 0 spiro atoms. The number of benzene rings is 2. The highest BCUT2D eigenvalue weighted by molar-refractivity contribution is 7.91. The predicted molar refractivity (Wildman–Crippen MR) is 122 cm³/mol. The molecule has 0 unspecified atom stereocenters. The summed E-state index contributed by atoms with van der Waals surface area (Å²) in [7, 11) is -3.39. The molecular weight excluding hydrogens is 438 g/mol. The summed E-state index contributed by atoms with van der Waals surface area (Å²) in [5, 5.41) is 3.26. The molecule has 7 nitrogen and oxygen atoms in total. The van der Waals surface area contributed by atoms with Gasteiger partial charge in [0.15, 0.2) is 9.84 Å². The fraction of sp³-hybridized carbons (Fsp3) is 0.364. The number of carbonyl (C=O) groups excluding carboxylic acids is 2. The van der Waals surface area contributed by atoms with Gasteiger partial charge < -0.3 is 10.2 Å². The maximum Gasteiger partial charge on any atom is 0.253 e. The number of anilines is 1. The highest BCUT2D eigenvalue weighted by Crippen LogP contribution is 2.14. The van der Waals surface area contributed by atoms with Crippen LogP contribution in [-0.4, -0.2) is 74.8 Å². The molecule has 9 heteroatoms. The maximum atomic E-state index is 12.8. The zero-order valence-corrected chi connectivity index (χ0v) is 19.0. The summed E-state index contributed by atoms with van der Waals surface area (Å²) in [5.74, 6) is -1.22. The Morgan fingerprint density at radius 3 is 2.16 bits per heavy atom. The normalized spacial score (nSPS) is 15.0. The second-order valence-electron chi connectivity index (χ2n) is 7.71. The van der Waals surface area contributed by atoms with Gasteiger partial charge in [-0.25, -0.2) is 8.42 Å². The number of nitrogens with zero attached hydrogens (tertiary/aromatic N) is 2. The number of nitrogens with one attached hydrogen (secondary N) is 1. The molecule has 0 radical (unpaired) electrons. The van der Waals surface area contributed by atoms with Crippen molar-refractivity contribution in [3.8, 4) is 0 Å². The molecule has 166 valence electrons. The third-order valence-corrected chi connectivity index (χ3v) is 6.14. The third kappa shape index (κ3) is 7.34. The molecule has 1 aliphatic heterocycles. The van der Waals surface area contributed by atoms with Crippen molar-refractivity contribution in [2.24, 2.45) is 0 Å². The van der Waals surface area contributed by atoms with Crippen molar-refractivity contribution in [3.05, 3.63) is 64.7 Å². The second-order valence-corrected chi connectivity index (χ2v) is 10.3. The maximum absolute atomic E-state index is 12.8. The Labute approximate surface area is 187 Å². The van der Waals surface area contributed by atoms with Crippen LogP contribution in [0.5, 0.6) is 0 Å². The smallest absolute Gasteiger partial charge is 0.253 e. The van der Waals surface area contributed by atoms with Crippen LogP contribution in [0.3, 0.4) is 0 Å². The molecule has 1 saturated heterocycles. The van der Waals surface area contributed by atoms with Crippen LogP contribution in [0.25, 0.3) is 0 Å². The van der Waals surface area contributed by atoms with Gasteiger partial charge in [0.1, 0.15) is 5.75 Å². The van der Waals surface area contributed by atoms with E-state index in [0.717, 1.165) is 37.3 Å². The van der Waals surface area contributed by atoms with E-state index in [1.54, 1.807) is 24.3 Å². The van der Waals surface area contributed by atoms with Crippen LogP contribution in [0.4, 0.5) is 5.69 Å². The molecule has 2 aromatic carbocycles. The zero-order valence-electron chi connectivity index (χ0n) is 17.4. The van der Waals surface area contributed by atoms with Crippen LogP contribution in [0.15, 0.2) is 48.5 Å². The van der Waals surface area contributed by atoms with Crippen molar-refractivity contribution in [1.29, 1.82) is 0 Å². The van der Waals surface area contributed by atoms with E-state index < -0.39 is 21.5 Å². The summed E-state index contributed by atoms with van der Waals surface area (Å²) in [4.78, 5) is 28.7. The van der Waals surface area contributed by atoms with E-state index in [1.807, 2.05) is 29.2 Å². The minimum atomic E-state index is -3.39. The van der Waals surface area contributed by atoms with E-state index in [4.69, 9.17) is 11.6 Å². The van der Waals surface area contributed by atoms with Gasteiger partial charge in [0.05, 0.1) is 0 Å². The molecule has 1 N–H and O–H groups in total. The first-order valence-electron chi connectivity index (χ1n) is 10.0. The minimum Gasteiger partial charge on any atom is -0.336 e. The molecule has 31 heavy (non-hydrogen) atoms. The zero-order chi connectivity index (χ0) is 22.4. The van der Waals surface area contributed by atoms with E-state index in [2.05, 4.69) is 10.2 Å². The topological polar surface area (TPSA) is 86.8 Å². The summed E-state index contributed by atoms with van der Waals surface area (Å²) in [6.45, 7) is 3.89. The molecule has 0 aliphatic carbocycles. The molecule has 0 saturated carbocycles. The van der Waals surface area contributed by atoms with Gasteiger partial charge in [-0.1, -0.05) is 23.7 Å². The molecule has 0 aromatic heterocycles.